The Bertz CT molecular complexity index is 572. The molecule has 0 saturated carbocycles. The minimum absolute atomic E-state index is 0.0405. The second kappa shape index (κ2) is 5.11. The van der Waals surface area contributed by atoms with Crippen molar-refractivity contribution in [2.45, 2.75) is 32.1 Å². The van der Waals surface area contributed by atoms with E-state index in [1.165, 1.54) is 0 Å². The van der Waals surface area contributed by atoms with Crippen LogP contribution < -0.4 is 5.14 Å². The van der Waals surface area contributed by atoms with E-state index in [2.05, 4.69) is 0 Å². The van der Waals surface area contributed by atoms with Gasteiger partial charge in [0.2, 0.25) is 10.0 Å². The summed E-state index contributed by atoms with van der Waals surface area (Å²) >= 11 is 0. The van der Waals surface area contributed by atoms with E-state index in [-0.39, 0.29) is 17.1 Å². The molecule has 0 radical (unpaired) electrons. The zero-order valence-corrected chi connectivity index (χ0v) is 11.8. The summed E-state index contributed by atoms with van der Waals surface area (Å²) in [5.74, 6) is -0.658. The Morgan fingerprint density at radius 3 is 2.33 bits per heavy atom. The van der Waals surface area contributed by atoms with E-state index in [0.717, 1.165) is 0 Å². The van der Waals surface area contributed by atoms with E-state index in [4.69, 9.17) is 9.88 Å². The molecule has 1 aromatic heterocycles. The van der Waals surface area contributed by atoms with E-state index in [0.29, 0.717) is 17.8 Å². The molecule has 0 fully saturated rings. The van der Waals surface area contributed by atoms with E-state index in [9.17, 15) is 13.2 Å². The van der Waals surface area contributed by atoms with Crippen molar-refractivity contribution in [2.24, 2.45) is 12.2 Å². The first-order valence-corrected chi connectivity index (χ1v) is 7.18. The lowest BCUT2D eigenvalue weighted by molar-refractivity contribution is 0.0521. The Kier molecular flexibility index (Phi) is 4.18. The summed E-state index contributed by atoms with van der Waals surface area (Å²) in [6.45, 7) is 5.31. The van der Waals surface area contributed by atoms with Crippen LogP contribution in [0.2, 0.25) is 0 Å². The number of sulfonamides is 1. The predicted molar refractivity (Wildman–Crippen MR) is 66.9 cm³/mol. The number of nitrogens with zero attached hydrogens (tertiary/aromatic N) is 1. The van der Waals surface area contributed by atoms with Crippen LogP contribution in [0.5, 0.6) is 0 Å². The largest absolute Gasteiger partial charge is 0.462 e. The quantitative estimate of drug-likeness (QED) is 0.819. The van der Waals surface area contributed by atoms with E-state index in [1.54, 1.807) is 32.4 Å². The molecule has 0 aromatic carbocycles. The highest BCUT2D eigenvalue weighted by Gasteiger charge is 2.30. The molecule has 0 saturated heterocycles. The van der Waals surface area contributed by atoms with Crippen molar-refractivity contribution < 1.29 is 17.9 Å². The molecule has 7 heteroatoms. The molecule has 0 aliphatic rings. The lowest BCUT2D eigenvalue weighted by Gasteiger charge is -2.04. The smallest absolute Gasteiger partial charge is 0.341 e. The molecule has 0 amide bonds. The fourth-order valence-corrected chi connectivity index (χ4v) is 3.10. The average molecular weight is 274 g/mol. The summed E-state index contributed by atoms with van der Waals surface area (Å²) < 4.78 is 29.9. The van der Waals surface area contributed by atoms with Crippen LogP contribution in [0.25, 0.3) is 0 Å². The van der Waals surface area contributed by atoms with Gasteiger partial charge in [0.15, 0.2) is 0 Å². The first kappa shape index (κ1) is 14.7. The first-order chi connectivity index (χ1) is 8.25. The SMILES string of the molecule is CCOC(=O)c1c(S(N)(=O)=O)c(CC)n(C)c1C. The third kappa shape index (κ3) is 2.41. The van der Waals surface area contributed by atoms with Gasteiger partial charge in [0.05, 0.1) is 6.61 Å². The molecule has 0 unspecified atom stereocenters. The first-order valence-electron chi connectivity index (χ1n) is 5.63. The maximum Gasteiger partial charge on any atom is 0.341 e. The minimum atomic E-state index is -3.96. The normalized spacial score (nSPS) is 11.6. The summed E-state index contributed by atoms with van der Waals surface area (Å²) in [5, 5.41) is 5.20. The van der Waals surface area contributed by atoms with Gasteiger partial charge in [0.25, 0.3) is 0 Å². The van der Waals surface area contributed by atoms with Gasteiger partial charge in [-0.3, -0.25) is 0 Å². The van der Waals surface area contributed by atoms with Crippen molar-refractivity contribution >= 4 is 16.0 Å². The average Bonchev–Trinajstić information content (AvgIpc) is 2.51. The molecule has 6 nitrogen and oxygen atoms in total. The third-order valence-corrected chi connectivity index (χ3v) is 3.87. The molecule has 0 atom stereocenters. The number of hydrogen-bond acceptors (Lipinski definition) is 4. The molecule has 102 valence electrons. The molecular weight excluding hydrogens is 256 g/mol. The van der Waals surface area contributed by atoms with Gasteiger partial charge in [-0.25, -0.2) is 18.4 Å². The highest BCUT2D eigenvalue weighted by Crippen LogP contribution is 2.26. The zero-order valence-electron chi connectivity index (χ0n) is 11.0. The van der Waals surface area contributed by atoms with E-state index < -0.39 is 16.0 Å². The van der Waals surface area contributed by atoms with Gasteiger partial charge in [-0.2, -0.15) is 0 Å². The van der Waals surface area contributed by atoms with Gasteiger partial charge >= 0.3 is 5.97 Å². The highest BCUT2D eigenvalue weighted by molar-refractivity contribution is 7.89. The maximum absolute atomic E-state index is 11.9. The number of carbonyl (C=O) groups is 1. The van der Waals surface area contributed by atoms with Crippen molar-refractivity contribution in [2.75, 3.05) is 6.61 Å². The third-order valence-electron chi connectivity index (χ3n) is 2.86. The van der Waals surface area contributed by atoms with Crippen LogP contribution >= 0.6 is 0 Å². The van der Waals surface area contributed by atoms with E-state index in [1.807, 2.05) is 0 Å². The highest BCUT2D eigenvalue weighted by atomic mass is 32.2. The van der Waals surface area contributed by atoms with Gasteiger partial charge in [-0.1, -0.05) is 6.92 Å². The summed E-state index contributed by atoms with van der Waals surface area (Å²) in [4.78, 5) is 11.7. The molecule has 0 spiro atoms. The molecule has 18 heavy (non-hydrogen) atoms. The Labute approximate surface area is 107 Å². The van der Waals surface area contributed by atoms with Gasteiger partial charge < -0.3 is 9.30 Å². The van der Waals surface area contributed by atoms with Gasteiger partial charge in [-0.15, -0.1) is 0 Å². The summed E-state index contributed by atoms with van der Waals surface area (Å²) in [6, 6.07) is 0. The Hall–Kier alpha value is -1.34. The fraction of sp³-hybridized carbons (Fsp3) is 0.545. The predicted octanol–water partition coefficient (Wildman–Crippen LogP) is 0.720. The van der Waals surface area contributed by atoms with Gasteiger partial charge in [0, 0.05) is 18.4 Å². The second-order valence-corrected chi connectivity index (χ2v) is 5.41. The molecule has 2 N–H and O–H groups in total. The second-order valence-electron chi connectivity index (χ2n) is 3.91. The Morgan fingerprint density at radius 2 is 1.94 bits per heavy atom. The van der Waals surface area contributed by atoms with Crippen LogP contribution in [0, 0.1) is 6.92 Å². The van der Waals surface area contributed by atoms with Crippen molar-refractivity contribution in [3.63, 3.8) is 0 Å². The molecule has 0 bridgehead atoms. The molecule has 0 aliphatic heterocycles. The number of primary sulfonamides is 1. The molecular formula is C11H18N2O4S. The van der Waals surface area contributed by atoms with Crippen molar-refractivity contribution in [1.82, 2.24) is 4.57 Å². The number of aromatic nitrogens is 1. The van der Waals surface area contributed by atoms with Crippen LogP contribution in [0.15, 0.2) is 4.90 Å². The number of hydrogen-bond donors (Lipinski definition) is 1. The van der Waals surface area contributed by atoms with Crippen LogP contribution in [0.1, 0.15) is 35.6 Å². The Morgan fingerprint density at radius 1 is 1.39 bits per heavy atom. The van der Waals surface area contributed by atoms with E-state index >= 15 is 0 Å². The number of carbonyl (C=O) groups excluding carboxylic acids is 1. The van der Waals surface area contributed by atoms with Gasteiger partial charge in [-0.05, 0) is 20.3 Å². The molecule has 1 heterocycles. The summed E-state index contributed by atoms with van der Waals surface area (Å²) in [6.07, 6.45) is 0.461. The lowest BCUT2D eigenvalue weighted by Crippen LogP contribution is -2.18. The monoisotopic (exact) mass is 274 g/mol. The molecule has 1 aromatic rings. The lowest BCUT2D eigenvalue weighted by atomic mass is 10.2. The van der Waals surface area contributed by atoms with Crippen molar-refractivity contribution in [1.29, 1.82) is 0 Å². The van der Waals surface area contributed by atoms with Crippen molar-refractivity contribution in [3.05, 3.63) is 17.0 Å². The number of nitrogens with two attached hydrogens (primary N) is 1. The number of rotatable bonds is 4. The van der Waals surface area contributed by atoms with Crippen LogP contribution in [0.4, 0.5) is 0 Å². The van der Waals surface area contributed by atoms with Crippen molar-refractivity contribution in [3.8, 4) is 0 Å². The maximum atomic E-state index is 11.9. The van der Waals surface area contributed by atoms with Crippen LogP contribution in [0.3, 0.4) is 0 Å². The Balaban J connectivity index is 3.65. The van der Waals surface area contributed by atoms with Gasteiger partial charge in [0.1, 0.15) is 10.5 Å². The number of esters is 1. The van der Waals surface area contributed by atoms with Crippen LogP contribution in [-0.2, 0) is 28.2 Å². The topological polar surface area (TPSA) is 91.4 Å². The zero-order chi connectivity index (χ0) is 14.1. The summed E-state index contributed by atoms with van der Waals surface area (Å²) in [5.41, 5.74) is 1.09. The standard InChI is InChI=1S/C11H18N2O4S/c1-5-8-10(18(12,15)16)9(7(3)13(8)4)11(14)17-6-2/h5-6H2,1-4H3,(H2,12,15,16). The molecule has 0 aliphatic carbocycles. The van der Waals surface area contributed by atoms with Crippen LogP contribution in [-0.4, -0.2) is 25.6 Å². The molecule has 1 rings (SSSR count). The fourth-order valence-electron chi connectivity index (χ4n) is 1.98. The minimum Gasteiger partial charge on any atom is -0.462 e. The number of ether oxygens (including phenoxy) is 1. The summed E-state index contributed by atoms with van der Waals surface area (Å²) in [7, 11) is -2.26.